The first-order valence-corrected chi connectivity index (χ1v) is 6.06. The van der Waals surface area contributed by atoms with Crippen LogP contribution in [0.3, 0.4) is 0 Å². The lowest BCUT2D eigenvalue weighted by Crippen LogP contribution is -1.95. The second-order valence-electron chi connectivity index (χ2n) is 4.33. The first-order valence-electron chi connectivity index (χ1n) is 6.06. The molecule has 2 rings (SSSR count). The zero-order valence-electron chi connectivity index (χ0n) is 10.3. The van der Waals surface area contributed by atoms with Crippen molar-refractivity contribution in [2.45, 2.75) is 19.8 Å². The number of hydrogen-bond donors (Lipinski definition) is 0. The van der Waals surface area contributed by atoms with Crippen LogP contribution < -0.4 is 0 Å². The van der Waals surface area contributed by atoms with Gasteiger partial charge in [-0.2, -0.15) is 0 Å². The molecule has 0 aliphatic rings. The lowest BCUT2D eigenvalue weighted by Gasteiger charge is -2.08. The number of aryl methyl sites for hydroxylation is 3. The Morgan fingerprint density at radius 2 is 1.47 bits per heavy atom. The Morgan fingerprint density at radius 3 is 2.18 bits per heavy atom. The zero-order chi connectivity index (χ0) is 12.1. The quantitative estimate of drug-likeness (QED) is 0.718. The fourth-order valence-electron chi connectivity index (χ4n) is 2.12. The molecule has 0 fully saturated rings. The molecular formula is C17H18. The summed E-state index contributed by atoms with van der Waals surface area (Å²) in [6, 6.07) is 17.1. The maximum atomic E-state index is 3.86. The van der Waals surface area contributed by atoms with Crippen molar-refractivity contribution in [3.63, 3.8) is 0 Å². The third kappa shape index (κ3) is 2.85. The van der Waals surface area contributed by atoms with Crippen molar-refractivity contribution < 1.29 is 0 Å². The van der Waals surface area contributed by atoms with Gasteiger partial charge in [0, 0.05) is 0 Å². The molecule has 0 radical (unpaired) electrons. The van der Waals surface area contributed by atoms with E-state index in [2.05, 4.69) is 62.0 Å². The van der Waals surface area contributed by atoms with Crippen LogP contribution in [-0.2, 0) is 12.8 Å². The van der Waals surface area contributed by atoms with Gasteiger partial charge in [0.05, 0.1) is 0 Å². The van der Waals surface area contributed by atoms with E-state index in [1.54, 1.807) is 0 Å². The molecule has 86 valence electrons. The molecule has 0 nitrogen and oxygen atoms in total. The average Bonchev–Trinajstić information content (AvgIpc) is 2.38. The van der Waals surface area contributed by atoms with Crippen molar-refractivity contribution in [3.05, 3.63) is 77.4 Å². The fourth-order valence-corrected chi connectivity index (χ4v) is 2.12. The van der Waals surface area contributed by atoms with Gasteiger partial charge in [-0.15, -0.1) is 0 Å². The summed E-state index contributed by atoms with van der Waals surface area (Å²) < 4.78 is 0. The molecule has 0 heterocycles. The van der Waals surface area contributed by atoms with Crippen molar-refractivity contribution in [2.24, 2.45) is 0 Å². The first-order chi connectivity index (χ1) is 8.31. The Morgan fingerprint density at radius 1 is 0.882 bits per heavy atom. The van der Waals surface area contributed by atoms with Gasteiger partial charge in [0.25, 0.3) is 0 Å². The predicted molar refractivity (Wildman–Crippen MR) is 75.1 cm³/mol. The summed E-state index contributed by atoms with van der Waals surface area (Å²) in [5.41, 5.74) is 5.45. The van der Waals surface area contributed by atoms with E-state index in [1.165, 1.54) is 22.3 Å². The molecule has 0 spiro atoms. The Kier molecular flexibility index (Phi) is 3.77. The summed E-state index contributed by atoms with van der Waals surface area (Å²) in [5.74, 6) is 0. The Bertz CT molecular complexity index is 509. The summed E-state index contributed by atoms with van der Waals surface area (Å²) >= 11 is 0. The Hall–Kier alpha value is -1.82. The van der Waals surface area contributed by atoms with Gasteiger partial charge in [-0.1, -0.05) is 61.2 Å². The van der Waals surface area contributed by atoms with E-state index in [0.717, 1.165) is 12.8 Å². The van der Waals surface area contributed by atoms with Gasteiger partial charge in [-0.05, 0) is 42.0 Å². The first kappa shape index (κ1) is 11.7. The lowest BCUT2D eigenvalue weighted by molar-refractivity contribution is 0.947. The molecule has 0 saturated heterocycles. The molecule has 0 heteroatoms. The molecule has 0 aliphatic carbocycles. The molecule has 0 saturated carbocycles. The minimum absolute atomic E-state index is 1.08. The van der Waals surface area contributed by atoms with Crippen LogP contribution >= 0.6 is 0 Å². The maximum absolute atomic E-state index is 3.86. The number of hydrogen-bond acceptors (Lipinski definition) is 0. The number of rotatable bonds is 4. The van der Waals surface area contributed by atoms with Crippen LogP contribution in [0.4, 0.5) is 0 Å². The van der Waals surface area contributed by atoms with E-state index in [4.69, 9.17) is 0 Å². The molecule has 0 bridgehead atoms. The van der Waals surface area contributed by atoms with Crippen LogP contribution in [0.15, 0.2) is 55.1 Å². The van der Waals surface area contributed by atoms with Crippen LogP contribution in [0.1, 0.15) is 22.3 Å². The van der Waals surface area contributed by atoms with E-state index >= 15 is 0 Å². The van der Waals surface area contributed by atoms with E-state index in [1.807, 2.05) is 6.08 Å². The third-order valence-electron chi connectivity index (χ3n) is 3.20. The molecule has 17 heavy (non-hydrogen) atoms. The SMILES string of the molecule is C=Cc1ccccc1CCc1ccccc1C. The molecule has 2 aromatic rings. The van der Waals surface area contributed by atoms with Gasteiger partial charge in [-0.3, -0.25) is 0 Å². The summed E-state index contributed by atoms with van der Waals surface area (Å²) in [6.07, 6.45) is 4.11. The highest BCUT2D eigenvalue weighted by Crippen LogP contribution is 2.15. The topological polar surface area (TPSA) is 0 Å². The fraction of sp³-hybridized carbons (Fsp3) is 0.176. The van der Waals surface area contributed by atoms with Crippen molar-refractivity contribution in [3.8, 4) is 0 Å². The van der Waals surface area contributed by atoms with E-state index in [-0.39, 0.29) is 0 Å². The average molecular weight is 222 g/mol. The van der Waals surface area contributed by atoms with Crippen molar-refractivity contribution >= 4 is 6.08 Å². The molecule has 0 aliphatic heterocycles. The summed E-state index contributed by atoms with van der Waals surface area (Å²) in [4.78, 5) is 0. The minimum atomic E-state index is 1.08. The van der Waals surface area contributed by atoms with Crippen molar-refractivity contribution in [1.82, 2.24) is 0 Å². The Balaban J connectivity index is 2.13. The molecule has 2 aromatic carbocycles. The predicted octanol–water partition coefficient (Wildman–Crippen LogP) is 4.42. The summed E-state index contributed by atoms with van der Waals surface area (Å²) in [7, 11) is 0. The van der Waals surface area contributed by atoms with Gasteiger partial charge in [0.15, 0.2) is 0 Å². The maximum Gasteiger partial charge on any atom is -0.0230 e. The minimum Gasteiger partial charge on any atom is -0.0985 e. The van der Waals surface area contributed by atoms with Crippen molar-refractivity contribution in [2.75, 3.05) is 0 Å². The largest absolute Gasteiger partial charge is 0.0985 e. The van der Waals surface area contributed by atoms with Gasteiger partial charge < -0.3 is 0 Å². The van der Waals surface area contributed by atoms with Crippen LogP contribution in [0.2, 0.25) is 0 Å². The van der Waals surface area contributed by atoms with E-state index in [9.17, 15) is 0 Å². The lowest BCUT2D eigenvalue weighted by atomic mass is 9.98. The number of benzene rings is 2. The molecule has 0 aromatic heterocycles. The van der Waals surface area contributed by atoms with Crippen LogP contribution in [0.25, 0.3) is 6.08 Å². The second kappa shape index (κ2) is 5.49. The zero-order valence-corrected chi connectivity index (χ0v) is 10.3. The summed E-state index contributed by atoms with van der Waals surface area (Å²) in [6.45, 7) is 6.04. The van der Waals surface area contributed by atoms with Crippen LogP contribution in [0, 0.1) is 6.92 Å². The highest BCUT2D eigenvalue weighted by atomic mass is 14.1. The summed E-state index contributed by atoms with van der Waals surface area (Å²) in [5, 5.41) is 0. The van der Waals surface area contributed by atoms with Crippen molar-refractivity contribution in [1.29, 1.82) is 0 Å². The molecule has 0 N–H and O–H groups in total. The van der Waals surface area contributed by atoms with Gasteiger partial charge in [0.1, 0.15) is 0 Å². The highest BCUT2D eigenvalue weighted by molar-refractivity contribution is 5.51. The van der Waals surface area contributed by atoms with E-state index < -0.39 is 0 Å². The smallest absolute Gasteiger partial charge is 0.0230 e. The molecule has 0 amide bonds. The van der Waals surface area contributed by atoms with Gasteiger partial charge >= 0.3 is 0 Å². The Labute approximate surface area is 104 Å². The van der Waals surface area contributed by atoms with Gasteiger partial charge in [-0.25, -0.2) is 0 Å². The third-order valence-corrected chi connectivity index (χ3v) is 3.20. The molecule has 0 unspecified atom stereocenters. The standard InChI is InChI=1S/C17H18/c1-3-15-9-6-7-11-17(15)13-12-16-10-5-4-8-14(16)2/h3-11H,1,12-13H2,2H3. The van der Waals surface area contributed by atoms with Crippen LogP contribution in [-0.4, -0.2) is 0 Å². The molecular weight excluding hydrogens is 204 g/mol. The second-order valence-corrected chi connectivity index (χ2v) is 4.33. The highest BCUT2D eigenvalue weighted by Gasteiger charge is 2.01. The normalized spacial score (nSPS) is 10.2. The monoisotopic (exact) mass is 222 g/mol. The van der Waals surface area contributed by atoms with E-state index in [0.29, 0.717) is 0 Å². The van der Waals surface area contributed by atoms with Crippen LogP contribution in [0.5, 0.6) is 0 Å². The molecule has 0 atom stereocenters. The van der Waals surface area contributed by atoms with Gasteiger partial charge in [0.2, 0.25) is 0 Å².